The van der Waals surface area contributed by atoms with Gasteiger partial charge in [0.2, 0.25) is 15.9 Å². The number of H-pyrrole nitrogens is 1. The average Bonchev–Trinajstić information content (AvgIpc) is 3.17. The van der Waals surface area contributed by atoms with E-state index in [4.69, 9.17) is 25.9 Å². The van der Waals surface area contributed by atoms with Crippen molar-refractivity contribution in [2.24, 2.45) is 0 Å². The van der Waals surface area contributed by atoms with E-state index in [1.165, 1.54) is 4.31 Å². The Morgan fingerprint density at radius 1 is 1.24 bits per heavy atom. The van der Waals surface area contributed by atoms with Gasteiger partial charge in [0.05, 0.1) is 4.90 Å². The first-order chi connectivity index (χ1) is 15.9. The van der Waals surface area contributed by atoms with Gasteiger partial charge in [0.1, 0.15) is 0 Å². The minimum atomic E-state index is -5.08. The molecule has 1 aromatic heterocycles. The third-order valence-electron chi connectivity index (χ3n) is 4.78. The molecule has 15 heteroatoms. The molecule has 4 rings (SSSR count). The molecular weight excluding hydrogens is 505 g/mol. The number of aliphatic carboxylic acids is 1. The smallest absolute Gasteiger partial charge is 0.475 e. The second-order valence-electron chi connectivity index (χ2n) is 7.18. The van der Waals surface area contributed by atoms with Crippen LogP contribution in [0, 0.1) is 0 Å². The summed E-state index contributed by atoms with van der Waals surface area (Å²) in [5.41, 5.74) is 0. The number of alkyl halides is 3. The van der Waals surface area contributed by atoms with E-state index >= 15 is 0 Å². The zero-order valence-corrected chi connectivity index (χ0v) is 18.7. The maximum atomic E-state index is 13.1. The summed E-state index contributed by atoms with van der Waals surface area (Å²) in [5.74, 6) is -3.13. The lowest BCUT2D eigenvalue weighted by atomic mass is 10.1. The van der Waals surface area contributed by atoms with Gasteiger partial charge in [-0.15, -0.1) is 5.10 Å². The summed E-state index contributed by atoms with van der Waals surface area (Å²) < 4.78 is 64.2. The van der Waals surface area contributed by atoms with E-state index in [1.807, 2.05) is 0 Å². The molecule has 0 radical (unpaired) electrons. The molecule has 1 aliphatic heterocycles. The molecule has 2 aromatic carbocycles. The number of piperazine rings is 1. The number of sulfonamides is 1. The minimum absolute atomic E-state index is 0.195. The van der Waals surface area contributed by atoms with Crippen LogP contribution in [0.5, 0.6) is 0 Å². The predicted octanol–water partition coefficient (Wildman–Crippen LogP) is 2.01. The van der Waals surface area contributed by atoms with Crippen molar-refractivity contribution in [3.8, 4) is 0 Å². The minimum Gasteiger partial charge on any atom is -0.475 e. The molecule has 0 bridgehead atoms. The molecule has 0 aliphatic carbocycles. The van der Waals surface area contributed by atoms with Crippen LogP contribution in [-0.4, -0.2) is 65.8 Å². The van der Waals surface area contributed by atoms with Crippen molar-refractivity contribution < 1.29 is 35.9 Å². The third-order valence-corrected chi connectivity index (χ3v) is 6.87. The first kappa shape index (κ1) is 25.7. The molecule has 0 amide bonds. The molecule has 1 saturated heterocycles. The second kappa shape index (κ2) is 10.1. The largest absolute Gasteiger partial charge is 0.490 e. The van der Waals surface area contributed by atoms with E-state index in [1.54, 1.807) is 36.4 Å². The summed E-state index contributed by atoms with van der Waals surface area (Å²) in [4.78, 5) is 20.2. The lowest BCUT2D eigenvalue weighted by Crippen LogP contribution is -2.53. The summed E-state index contributed by atoms with van der Waals surface area (Å²) >= 11 is 5.99. The highest BCUT2D eigenvalue weighted by Crippen LogP contribution is 2.25. The fraction of sp³-hybridized carbons (Fsp3) is 0.316. The van der Waals surface area contributed by atoms with Crippen LogP contribution in [0.3, 0.4) is 0 Å². The van der Waals surface area contributed by atoms with Crippen molar-refractivity contribution in [3.05, 3.63) is 57.9 Å². The van der Waals surface area contributed by atoms with Crippen LogP contribution in [0.1, 0.15) is 5.89 Å². The Labute approximate surface area is 195 Å². The number of nitrogens with zero attached hydrogens (tertiary/aromatic N) is 2. The summed E-state index contributed by atoms with van der Waals surface area (Å²) in [7, 11) is -3.64. The Hall–Kier alpha value is -2.94. The molecule has 34 heavy (non-hydrogen) atoms. The summed E-state index contributed by atoms with van der Waals surface area (Å²) in [6.45, 7) is 1.13. The quantitative estimate of drug-likeness (QED) is 0.472. The number of aromatic amines is 1. The number of fused-ring (bicyclic) bond motifs is 1. The zero-order valence-electron chi connectivity index (χ0n) is 17.2. The first-order valence-electron chi connectivity index (χ1n) is 9.63. The van der Waals surface area contributed by atoms with E-state index in [0.29, 0.717) is 24.5 Å². The van der Waals surface area contributed by atoms with Crippen LogP contribution in [0.15, 0.2) is 50.5 Å². The monoisotopic (exact) mass is 522 g/mol. The Morgan fingerprint density at radius 2 is 1.88 bits per heavy atom. The van der Waals surface area contributed by atoms with E-state index in [2.05, 4.69) is 15.5 Å². The van der Waals surface area contributed by atoms with Crippen molar-refractivity contribution in [2.75, 3.05) is 19.6 Å². The highest BCUT2D eigenvalue weighted by molar-refractivity contribution is 7.89. The number of halogens is 4. The number of aromatic nitrogens is 2. The normalized spacial score (nSPS) is 17.2. The highest BCUT2D eigenvalue weighted by atomic mass is 35.5. The van der Waals surface area contributed by atoms with Crippen molar-refractivity contribution in [1.82, 2.24) is 19.8 Å². The van der Waals surface area contributed by atoms with Gasteiger partial charge in [-0.1, -0.05) is 23.7 Å². The molecule has 1 atom stereocenters. The van der Waals surface area contributed by atoms with Gasteiger partial charge in [-0.25, -0.2) is 23.1 Å². The molecule has 1 aliphatic rings. The van der Waals surface area contributed by atoms with E-state index in [-0.39, 0.29) is 23.4 Å². The van der Waals surface area contributed by atoms with Crippen LogP contribution in [0.4, 0.5) is 13.2 Å². The average molecular weight is 523 g/mol. The lowest BCUT2D eigenvalue weighted by Gasteiger charge is -2.32. The first-order valence-corrected chi connectivity index (χ1v) is 11.5. The van der Waals surface area contributed by atoms with E-state index in [9.17, 15) is 26.4 Å². The molecular formula is C19H18ClF3N4O6S. The highest BCUT2D eigenvalue weighted by Gasteiger charge is 2.38. The molecule has 1 fully saturated rings. The number of carboxylic acid groups (broad SMARTS) is 1. The Morgan fingerprint density at radius 3 is 2.50 bits per heavy atom. The molecule has 184 valence electrons. The SMILES string of the molecule is O=C(O)C(F)(F)F.O=c1[nH]nc(CC2CN(S(=O)(=O)c3ccc4cc(Cl)ccc4c3)CCN2)o1. The van der Waals surface area contributed by atoms with Crippen LogP contribution in [0.25, 0.3) is 10.8 Å². The van der Waals surface area contributed by atoms with Gasteiger partial charge in [0.15, 0.2) is 0 Å². The molecule has 3 N–H and O–H groups in total. The van der Waals surface area contributed by atoms with Crippen molar-refractivity contribution in [1.29, 1.82) is 0 Å². The summed E-state index contributed by atoms with van der Waals surface area (Å²) in [5, 5.41) is 18.6. The Bertz CT molecular complexity index is 1340. The fourth-order valence-corrected chi connectivity index (χ4v) is 4.92. The molecule has 0 spiro atoms. The predicted molar refractivity (Wildman–Crippen MR) is 114 cm³/mol. The maximum Gasteiger partial charge on any atom is 0.490 e. The lowest BCUT2D eigenvalue weighted by molar-refractivity contribution is -0.192. The van der Waals surface area contributed by atoms with Gasteiger partial charge in [0, 0.05) is 37.1 Å². The number of hydrogen-bond acceptors (Lipinski definition) is 7. The second-order valence-corrected chi connectivity index (χ2v) is 9.56. The van der Waals surface area contributed by atoms with Crippen LogP contribution < -0.4 is 11.1 Å². The third kappa shape index (κ3) is 6.34. The maximum absolute atomic E-state index is 13.1. The summed E-state index contributed by atoms with van der Waals surface area (Å²) in [6.07, 6.45) is -4.76. The van der Waals surface area contributed by atoms with Gasteiger partial charge in [-0.05, 0) is 35.0 Å². The van der Waals surface area contributed by atoms with Crippen molar-refractivity contribution in [3.63, 3.8) is 0 Å². The number of rotatable bonds is 4. The number of nitrogens with one attached hydrogen (secondary N) is 2. The van der Waals surface area contributed by atoms with Gasteiger partial charge in [0.25, 0.3) is 0 Å². The van der Waals surface area contributed by atoms with Gasteiger partial charge in [-0.2, -0.15) is 17.5 Å². The number of benzene rings is 2. The van der Waals surface area contributed by atoms with Gasteiger partial charge < -0.3 is 14.8 Å². The molecule has 0 saturated carbocycles. The molecule has 2 heterocycles. The summed E-state index contributed by atoms with van der Waals surface area (Å²) in [6, 6.07) is 10.1. The standard InChI is InChI=1S/C17H17ClN4O4S.C2HF3O2/c18-13-3-1-12-8-15(4-2-11(12)7-13)27(24,25)22-6-5-19-14(10-22)9-16-20-21-17(23)26-16;3-2(4,5)1(6)7/h1-4,7-8,14,19H,5-6,9-10H2,(H,21,23);(H,6,7). The zero-order chi connectivity index (χ0) is 25.1. The molecule has 10 nitrogen and oxygen atoms in total. The number of hydrogen-bond donors (Lipinski definition) is 3. The molecule has 1 unspecified atom stereocenters. The van der Waals surface area contributed by atoms with Crippen molar-refractivity contribution in [2.45, 2.75) is 23.5 Å². The van der Waals surface area contributed by atoms with Crippen molar-refractivity contribution >= 4 is 38.4 Å². The number of carbonyl (C=O) groups is 1. The van der Waals surface area contributed by atoms with E-state index in [0.717, 1.165) is 10.8 Å². The van der Waals surface area contributed by atoms with Crippen LogP contribution in [-0.2, 0) is 21.2 Å². The van der Waals surface area contributed by atoms with E-state index < -0.39 is 27.9 Å². The van der Waals surface area contributed by atoms with Crippen LogP contribution in [0.2, 0.25) is 5.02 Å². The number of carboxylic acids is 1. The topological polar surface area (TPSA) is 146 Å². The molecule has 3 aromatic rings. The Kier molecular flexibility index (Phi) is 7.65. The van der Waals surface area contributed by atoms with Crippen LogP contribution >= 0.6 is 11.6 Å². The van der Waals surface area contributed by atoms with Gasteiger partial charge >= 0.3 is 17.9 Å². The Balaban J connectivity index is 0.000000406. The fourth-order valence-electron chi connectivity index (χ4n) is 3.21. The van der Waals surface area contributed by atoms with Gasteiger partial charge in [-0.3, -0.25) is 0 Å².